The van der Waals surface area contributed by atoms with E-state index in [9.17, 15) is 4.39 Å². The second-order valence-electron chi connectivity index (χ2n) is 8.69. The first-order chi connectivity index (χ1) is 18.0. The van der Waals surface area contributed by atoms with Gasteiger partial charge in [0.25, 0.3) is 0 Å². The number of nitrogen functional groups attached to an aromatic ring is 1. The van der Waals surface area contributed by atoms with Crippen LogP contribution < -0.4 is 21.1 Å². The third-order valence-electron chi connectivity index (χ3n) is 6.30. The van der Waals surface area contributed by atoms with E-state index in [4.69, 9.17) is 10.5 Å². The predicted molar refractivity (Wildman–Crippen MR) is 140 cm³/mol. The first-order valence-electron chi connectivity index (χ1n) is 11.8. The summed E-state index contributed by atoms with van der Waals surface area (Å²) in [7, 11) is 4.39. The van der Waals surface area contributed by atoms with Crippen molar-refractivity contribution >= 4 is 22.1 Å². The minimum absolute atomic E-state index is 0.206. The van der Waals surface area contributed by atoms with Gasteiger partial charge in [0.15, 0.2) is 0 Å². The van der Waals surface area contributed by atoms with Crippen LogP contribution in [0.25, 0.3) is 5.69 Å². The van der Waals surface area contributed by atoms with Crippen LogP contribution in [0.3, 0.4) is 0 Å². The monoisotopic (exact) mass is 564 g/mol. The fourth-order valence-electron chi connectivity index (χ4n) is 4.50. The van der Waals surface area contributed by atoms with E-state index in [1.165, 1.54) is 17.7 Å². The van der Waals surface area contributed by atoms with Crippen molar-refractivity contribution in [3.05, 3.63) is 88.7 Å². The molecular formula is C26H28ClFFeN7O. The summed E-state index contributed by atoms with van der Waals surface area (Å²) in [5.74, 6) is 2.20. The van der Waals surface area contributed by atoms with Crippen LogP contribution >= 0.6 is 10.1 Å². The molecule has 3 aromatic rings. The second-order valence-corrected chi connectivity index (χ2v) is 8.69. The Morgan fingerprint density at radius 3 is 2.73 bits per heavy atom. The first-order valence-corrected chi connectivity index (χ1v) is 13.3. The molecule has 0 bridgehead atoms. The zero-order valence-corrected chi connectivity index (χ0v) is 22.3. The third kappa shape index (κ3) is 6.15. The zero-order valence-electron chi connectivity index (χ0n) is 20.5. The van der Waals surface area contributed by atoms with E-state index in [2.05, 4.69) is 57.8 Å². The van der Waals surface area contributed by atoms with Crippen LogP contribution in [0.5, 0.6) is 5.75 Å². The van der Waals surface area contributed by atoms with Gasteiger partial charge in [-0.2, -0.15) is 5.10 Å². The summed E-state index contributed by atoms with van der Waals surface area (Å²) in [6.07, 6.45) is 4.96. The molecule has 8 nitrogen and oxygen atoms in total. The van der Waals surface area contributed by atoms with E-state index in [0.717, 1.165) is 41.2 Å². The van der Waals surface area contributed by atoms with E-state index in [1.807, 2.05) is 31.2 Å². The average molecular weight is 565 g/mol. The predicted octanol–water partition coefficient (Wildman–Crippen LogP) is 4.65. The van der Waals surface area contributed by atoms with Crippen molar-refractivity contribution < 1.29 is 24.2 Å². The molecule has 0 spiro atoms. The Balaban J connectivity index is 0.00000156. The van der Waals surface area contributed by atoms with Crippen molar-refractivity contribution in [2.75, 3.05) is 18.9 Å². The Hall–Kier alpha value is -3.33. The number of aryl methyl sites for hydroxylation is 1. The van der Waals surface area contributed by atoms with Gasteiger partial charge in [0.05, 0.1) is 12.9 Å². The number of anilines is 1. The maximum atomic E-state index is 13.4. The first kappa shape index (κ1) is 26.7. The maximum absolute atomic E-state index is 13.4. The van der Waals surface area contributed by atoms with Crippen LogP contribution in [-0.2, 0) is 15.1 Å². The van der Waals surface area contributed by atoms with Crippen LogP contribution in [0.15, 0.2) is 76.4 Å². The number of nitrogens with one attached hydrogen (secondary N) is 2. The number of allylic oxidation sites excluding steroid dienone is 2. The molecule has 0 saturated heterocycles. The number of halogens is 2. The molecule has 11 heteroatoms. The molecule has 37 heavy (non-hydrogen) atoms. The van der Waals surface area contributed by atoms with E-state index in [-0.39, 0.29) is 11.7 Å². The van der Waals surface area contributed by atoms with E-state index >= 15 is 0 Å². The number of aromatic nitrogens is 3. The number of nitrogens with two attached hydrogens (primary N) is 1. The number of aliphatic imine (C=N–C) groups is 1. The second kappa shape index (κ2) is 12.3. The van der Waals surface area contributed by atoms with Gasteiger partial charge in [-0.3, -0.25) is 0 Å². The van der Waals surface area contributed by atoms with Gasteiger partial charge in [0.2, 0.25) is 0 Å². The van der Waals surface area contributed by atoms with E-state index < -0.39 is 0 Å². The fourth-order valence-corrected chi connectivity index (χ4v) is 4.50. The Morgan fingerprint density at radius 2 is 2.00 bits per heavy atom. The summed E-state index contributed by atoms with van der Waals surface area (Å²) in [6, 6.07) is 12.2. The van der Waals surface area contributed by atoms with Crippen LogP contribution in [0.1, 0.15) is 37.1 Å². The van der Waals surface area contributed by atoms with Gasteiger partial charge in [-0.1, -0.05) is 12.1 Å². The summed E-state index contributed by atoms with van der Waals surface area (Å²) in [5, 5.41) is 11.1. The number of hydrogen-bond acceptors (Lipinski definition) is 7. The molecule has 0 saturated carbocycles. The number of benzene rings is 2. The topological polar surface area (TPSA) is 102 Å². The van der Waals surface area contributed by atoms with E-state index in [0.29, 0.717) is 30.4 Å². The molecule has 1 unspecified atom stereocenters. The fraction of sp³-hybridized carbons (Fsp3) is 0.269. The molecule has 195 valence electrons. The zero-order chi connectivity index (χ0) is 26.4. The number of rotatable bonds is 8. The van der Waals surface area contributed by atoms with Gasteiger partial charge < -0.3 is 21.1 Å². The third-order valence-corrected chi connectivity index (χ3v) is 6.30. The summed E-state index contributed by atoms with van der Waals surface area (Å²) < 4.78 is 21.1. The summed E-state index contributed by atoms with van der Waals surface area (Å²) in [4.78, 5) is 8.72. The Bertz CT molecular complexity index is 1340. The summed E-state index contributed by atoms with van der Waals surface area (Å²) in [5.41, 5.74) is 12.0. The van der Waals surface area contributed by atoms with Gasteiger partial charge in [0, 0.05) is 35.5 Å². The minimum atomic E-state index is -0.221. The van der Waals surface area contributed by atoms with Crippen LogP contribution in [0, 0.1) is 12.7 Å². The SMILES string of the molecule is CC1=C2NC=NC(NCCCOc3cc(N)ccc3-n3cnc(C)n3)=C2CC1c1ccc(F)cc1.[Cl][Fe]. The van der Waals surface area contributed by atoms with Gasteiger partial charge in [-0.05, 0) is 62.1 Å². The molecule has 0 fully saturated rings. The standard InChI is InChI=1S/C26H28FN7O.ClH.Fe/c1-16-21(18-4-6-19(27)7-5-18)13-22-25(16)30-14-31-26(22)29-10-3-11-35-24-12-20(28)8-9-23(24)34-15-32-17(2)33-34;;/h4-9,12,14-15,21,29H,3,10-11,13,28H2,1-2H3,(H,30,31);1H;/q;;+1/p-1. The van der Waals surface area contributed by atoms with Crippen molar-refractivity contribution in [3.8, 4) is 11.4 Å². The molecule has 4 N–H and O–H groups in total. The van der Waals surface area contributed by atoms with Crippen molar-refractivity contribution in [2.45, 2.75) is 32.6 Å². The average Bonchev–Trinajstić information content (AvgIpc) is 3.49. The van der Waals surface area contributed by atoms with Gasteiger partial charge in [-0.25, -0.2) is 19.0 Å². The molecule has 2 aliphatic rings. The Labute approximate surface area is 227 Å². The number of fused-ring (bicyclic) bond motifs is 1. The Morgan fingerprint density at radius 1 is 1.22 bits per heavy atom. The molecule has 0 amide bonds. The van der Waals surface area contributed by atoms with Gasteiger partial charge in [0.1, 0.15) is 35.2 Å². The summed E-state index contributed by atoms with van der Waals surface area (Å²) in [6.45, 7) is 5.16. The molecule has 1 aromatic heterocycles. The molecule has 1 aliphatic heterocycles. The van der Waals surface area contributed by atoms with Crippen molar-refractivity contribution in [1.29, 1.82) is 0 Å². The molecule has 2 aromatic carbocycles. The van der Waals surface area contributed by atoms with Crippen molar-refractivity contribution in [3.63, 3.8) is 0 Å². The molecular weight excluding hydrogens is 537 g/mol. The van der Waals surface area contributed by atoms with Crippen molar-refractivity contribution in [2.24, 2.45) is 4.99 Å². The number of nitrogens with zero attached hydrogens (tertiary/aromatic N) is 4. The summed E-state index contributed by atoms with van der Waals surface area (Å²) >= 11 is 2.72. The molecule has 0 radical (unpaired) electrons. The Kier molecular flexibility index (Phi) is 8.86. The molecule has 2 heterocycles. The van der Waals surface area contributed by atoms with Crippen LogP contribution in [-0.4, -0.2) is 34.3 Å². The van der Waals surface area contributed by atoms with Crippen LogP contribution in [0.4, 0.5) is 10.1 Å². The van der Waals surface area contributed by atoms with Crippen LogP contribution in [0.2, 0.25) is 0 Å². The molecule has 1 aliphatic carbocycles. The van der Waals surface area contributed by atoms with Gasteiger partial charge >= 0.3 is 25.2 Å². The molecule has 1 atom stereocenters. The van der Waals surface area contributed by atoms with Gasteiger partial charge in [-0.15, -0.1) is 0 Å². The normalized spacial score (nSPS) is 16.2. The molecule has 5 rings (SSSR count). The number of ether oxygens (including phenoxy) is 1. The van der Waals surface area contributed by atoms with E-state index in [1.54, 1.807) is 23.4 Å². The van der Waals surface area contributed by atoms with Crippen molar-refractivity contribution in [1.82, 2.24) is 25.4 Å². The number of hydrogen-bond donors (Lipinski definition) is 3. The quantitative estimate of drug-likeness (QED) is 0.209.